The monoisotopic (exact) mass is 220 g/mol. The van der Waals surface area contributed by atoms with Gasteiger partial charge in [0.1, 0.15) is 23.9 Å². The molecule has 3 aromatic rings. The van der Waals surface area contributed by atoms with Crippen LogP contribution in [0.5, 0.6) is 0 Å². The molecule has 0 fully saturated rings. The number of aromatic nitrogens is 3. The predicted octanol–water partition coefficient (Wildman–Crippen LogP) is 2.29. The molecular weight excluding hydrogens is 212 g/mol. The maximum Gasteiger partial charge on any atom is 0.142 e. The fourth-order valence-electron chi connectivity index (χ4n) is 1.76. The standard InChI is InChI=1S/C13H8N4/c14-8-10-4-3-7-13(16-10)17-9-15-11-5-1-2-6-12(11)17/h1-7,9H. The van der Waals surface area contributed by atoms with Gasteiger partial charge in [-0.25, -0.2) is 9.97 Å². The predicted molar refractivity (Wildman–Crippen MR) is 63.6 cm³/mol. The minimum atomic E-state index is 0.403. The minimum Gasteiger partial charge on any atom is -0.283 e. The average molecular weight is 220 g/mol. The molecule has 0 aliphatic heterocycles. The molecule has 0 aliphatic carbocycles. The maximum absolute atomic E-state index is 8.84. The molecule has 2 heterocycles. The molecular formula is C13H8N4. The number of nitrogens with zero attached hydrogens (tertiary/aromatic N) is 4. The highest BCUT2D eigenvalue weighted by atomic mass is 15.1. The smallest absolute Gasteiger partial charge is 0.142 e. The molecule has 0 aliphatic rings. The molecule has 4 nitrogen and oxygen atoms in total. The Hall–Kier alpha value is -2.67. The van der Waals surface area contributed by atoms with E-state index in [0.29, 0.717) is 11.5 Å². The van der Waals surface area contributed by atoms with Crippen molar-refractivity contribution < 1.29 is 0 Å². The number of hydrogen-bond acceptors (Lipinski definition) is 3. The van der Waals surface area contributed by atoms with Crippen LogP contribution in [0.4, 0.5) is 0 Å². The van der Waals surface area contributed by atoms with Crippen molar-refractivity contribution in [3.8, 4) is 11.9 Å². The van der Waals surface area contributed by atoms with Crippen molar-refractivity contribution in [1.29, 1.82) is 5.26 Å². The Bertz CT molecular complexity index is 721. The highest BCUT2D eigenvalue weighted by Gasteiger charge is 2.05. The van der Waals surface area contributed by atoms with Gasteiger partial charge in [-0.1, -0.05) is 18.2 Å². The van der Waals surface area contributed by atoms with Gasteiger partial charge in [0.05, 0.1) is 11.0 Å². The first-order valence-corrected chi connectivity index (χ1v) is 5.18. The number of pyridine rings is 1. The Kier molecular flexibility index (Phi) is 2.09. The second kappa shape index (κ2) is 3.72. The highest BCUT2D eigenvalue weighted by molar-refractivity contribution is 5.76. The molecule has 4 heteroatoms. The quantitative estimate of drug-likeness (QED) is 0.632. The van der Waals surface area contributed by atoms with Gasteiger partial charge in [-0.15, -0.1) is 0 Å². The summed E-state index contributed by atoms with van der Waals surface area (Å²) in [6, 6.07) is 15.2. The van der Waals surface area contributed by atoms with Crippen molar-refractivity contribution in [2.75, 3.05) is 0 Å². The van der Waals surface area contributed by atoms with Crippen LogP contribution in [0.2, 0.25) is 0 Å². The zero-order chi connectivity index (χ0) is 11.7. The molecule has 17 heavy (non-hydrogen) atoms. The summed E-state index contributed by atoms with van der Waals surface area (Å²) in [4.78, 5) is 8.54. The molecule has 0 spiro atoms. The summed E-state index contributed by atoms with van der Waals surface area (Å²) in [5, 5.41) is 8.84. The lowest BCUT2D eigenvalue weighted by Crippen LogP contribution is -1.96. The number of fused-ring (bicyclic) bond motifs is 1. The van der Waals surface area contributed by atoms with Gasteiger partial charge in [-0.3, -0.25) is 4.57 Å². The summed E-state index contributed by atoms with van der Waals surface area (Å²) in [7, 11) is 0. The summed E-state index contributed by atoms with van der Waals surface area (Å²) < 4.78 is 1.87. The Morgan fingerprint density at radius 1 is 1.06 bits per heavy atom. The van der Waals surface area contributed by atoms with Gasteiger partial charge in [0, 0.05) is 0 Å². The highest BCUT2D eigenvalue weighted by Crippen LogP contribution is 2.16. The number of rotatable bonds is 1. The van der Waals surface area contributed by atoms with Gasteiger partial charge in [0.15, 0.2) is 0 Å². The van der Waals surface area contributed by atoms with E-state index in [1.54, 1.807) is 12.4 Å². The Morgan fingerprint density at radius 2 is 1.94 bits per heavy atom. The van der Waals surface area contributed by atoms with Crippen LogP contribution in [0.3, 0.4) is 0 Å². The lowest BCUT2D eigenvalue weighted by Gasteiger charge is -2.02. The van der Waals surface area contributed by atoms with Crippen LogP contribution >= 0.6 is 0 Å². The van der Waals surface area contributed by atoms with Crippen molar-refractivity contribution in [3.05, 3.63) is 54.5 Å². The third kappa shape index (κ3) is 1.54. The molecule has 0 saturated heterocycles. The molecule has 2 aromatic heterocycles. The van der Waals surface area contributed by atoms with E-state index in [1.807, 2.05) is 47.0 Å². The summed E-state index contributed by atoms with van der Waals surface area (Å²) in [5.41, 5.74) is 2.30. The molecule has 0 radical (unpaired) electrons. The number of hydrogen-bond donors (Lipinski definition) is 0. The van der Waals surface area contributed by atoms with Crippen LogP contribution in [0.15, 0.2) is 48.8 Å². The topological polar surface area (TPSA) is 54.5 Å². The molecule has 0 atom stereocenters. The summed E-state index contributed by atoms with van der Waals surface area (Å²) in [5.74, 6) is 0.706. The van der Waals surface area contributed by atoms with Crippen molar-refractivity contribution >= 4 is 11.0 Å². The molecule has 3 rings (SSSR count). The van der Waals surface area contributed by atoms with Crippen LogP contribution in [0.25, 0.3) is 16.9 Å². The van der Waals surface area contributed by atoms with E-state index < -0.39 is 0 Å². The molecule has 0 bridgehead atoms. The van der Waals surface area contributed by atoms with Crippen molar-refractivity contribution in [2.45, 2.75) is 0 Å². The van der Waals surface area contributed by atoms with E-state index in [-0.39, 0.29) is 0 Å². The lowest BCUT2D eigenvalue weighted by atomic mass is 10.3. The Morgan fingerprint density at radius 3 is 2.82 bits per heavy atom. The lowest BCUT2D eigenvalue weighted by molar-refractivity contribution is 1.01. The number of imidazole rings is 1. The SMILES string of the molecule is N#Cc1cccc(-n2cnc3ccccc32)n1. The average Bonchev–Trinajstić information content (AvgIpc) is 2.82. The van der Waals surface area contributed by atoms with E-state index in [1.165, 1.54) is 0 Å². The summed E-state index contributed by atoms with van der Waals surface area (Å²) in [6.07, 6.45) is 1.72. The first kappa shape index (κ1) is 9.55. The largest absolute Gasteiger partial charge is 0.283 e. The molecule has 1 aromatic carbocycles. The van der Waals surface area contributed by atoms with Crippen molar-refractivity contribution in [3.63, 3.8) is 0 Å². The third-order valence-electron chi connectivity index (χ3n) is 2.55. The van der Waals surface area contributed by atoms with Gasteiger partial charge in [0.2, 0.25) is 0 Å². The van der Waals surface area contributed by atoms with Crippen molar-refractivity contribution in [2.24, 2.45) is 0 Å². The third-order valence-corrected chi connectivity index (χ3v) is 2.55. The van der Waals surface area contributed by atoms with Gasteiger partial charge in [0.25, 0.3) is 0 Å². The van der Waals surface area contributed by atoms with E-state index in [9.17, 15) is 0 Å². The van der Waals surface area contributed by atoms with E-state index in [2.05, 4.69) is 9.97 Å². The van der Waals surface area contributed by atoms with Crippen LogP contribution in [0, 0.1) is 11.3 Å². The molecule has 0 saturated carbocycles. The van der Waals surface area contributed by atoms with E-state index in [0.717, 1.165) is 11.0 Å². The van der Waals surface area contributed by atoms with Gasteiger partial charge in [-0.2, -0.15) is 5.26 Å². The number of para-hydroxylation sites is 2. The normalized spacial score (nSPS) is 10.3. The van der Waals surface area contributed by atoms with Gasteiger partial charge < -0.3 is 0 Å². The molecule has 0 amide bonds. The second-order valence-electron chi connectivity index (χ2n) is 3.60. The fraction of sp³-hybridized carbons (Fsp3) is 0. The van der Waals surface area contributed by atoms with Gasteiger partial charge in [-0.05, 0) is 24.3 Å². The first-order valence-electron chi connectivity index (χ1n) is 5.18. The van der Waals surface area contributed by atoms with Gasteiger partial charge >= 0.3 is 0 Å². The van der Waals surface area contributed by atoms with Crippen LogP contribution in [-0.4, -0.2) is 14.5 Å². The van der Waals surface area contributed by atoms with Crippen LogP contribution < -0.4 is 0 Å². The Labute approximate surface area is 97.8 Å². The van der Waals surface area contributed by atoms with Crippen LogP contribution in [0.1, 0.15) is 5.69 Å². The zero-order valence-corrected chi connectivity index (χ0v) is 8.91. The number of nitriles is 1. The van der Waals surface area contributed by atoms with E-state index in [4.69, 9.17) is 5.26 Å². The molecule has 0 unspecified atom stereocenters. The summed E-state index contributed by atoms with van der Waals surface area (Å²) >= 11 is 0. The van der Waals surface area contributed by atoms with Crippen LogP contribution in [-0.2, 0) is 0 Å². The maximum atomic E-state index is 8.84. The molecule has 0 N–H and O–H groups in total. The first-order chi connectivity index (χ1) is 8.38. The van der Waals surface area contributed by atoms with Crippen molar-refractivity contribution in [1.82, 2.24) is 14.5 Å². The summed E-state index contributed by atoms with van der Waals surface area (Å²) in [6.45, 7) is 0. The fourth-order valence-corrected chi connectivity index (χ4v) is 1.76. The number of benzene rings is 1. The Balaban J connectivity index is 2.24. The molecule has 80 valence electrons. The second-order valence-corrected chi connectivity index (χ2v) is 3.60. The minimum absolute atomic E-state index is 0.403. The van der Waals surface area contributed by atoms with E-state index >= 15 is 0 Å². The zero-order valence-electron chi connectivity index (χ0n) is 8.91.